The van der Waals surface area contributed by atoms with Gasteiger partial charge in [0.05, 0.1) is 0 Å². The number of hydrogen-bond acceptors (Lipinski definition) is 1. The summed E-state index contributed by atoms with van der Waals surface area (Å²) in [5.74, 6) is 0. The first-order valence-corrected chi connectivity index (χ1v) is 7.58. The molecule has 94 valence electrons. The predicted octanol–water partition coefficient (Wildman–Crippen LogP) is 3.86. The highest BCUT2D eigenvalue weighted by Gasteiger charge is 2.22. The van der Waals surface area contributed by atoms with Crippen molar-refractivity contribution in [1.82, 2.24) is 4.90 Å². The van der Waals surface area contributed by atoms with Crippen LogP contribution in [0.25, 0.3) is 0 Å². The first-order valence-electron chi connectivity index (χ1n) is 6.46. The molecule has 1 aromatic rings. The molecule has 17 heavy (non-hydrogen) atoms. The van der Waals surface area contributed by atoms with Gasteiger partial charge < -0.3 is 0 Å². The van der Waals surface area contributed by atoms with E-state index in [1.807, 2.05) is 0 Å². The second-order valence-corrected chi connectivity index (χ2v) is 6.44. The average Bonchev–Trinajstić information content (AvgIpc) is 2.50. The Labute approximate surface area is 113 Å². The minimum atomic E-state index is 0.360. The van der Waals surface area contributed by atoms with Gasteiger partial charge in [-0.15, -0.1) is 0 Å². The normalized spacial score (nSPS) is 17.6. The van der Waals surface area contributed by atoms with Gasteiger partial charge >= 0.3 is 0 Å². The van der Waals surface area contributed by atoms with E-state index < -0.39 is 0 Å². The average molecular weight is 296 g/mol. The number of alkyl halides is 1. The number of nitrogens with zero attached hydrogens (tertiary/aromatic N) is 1. The fraction of sp³-hybridized carbons (Fsp3) is 0.600. The Morgan fingerprint density at radius 2 is 1.94 bits per heavy atom. The maximum atomic E-state index is 3.62. The summed E-state index contributed by atoms with van der Waals surface area (Å²) < 4.78 is 0. The van der Waals surface area contributed by atoms with E-state index in [1.54, 1.807) is 5.56 Å². The summed E-state index contributed by atoms with van der Waals surface area (Å²) in [6.45, 7) is 8.18. The highest BCUT2D eigenvalue weighted by Crippen LogP contribution is 2.24. The van der Waals surface area contributed by atoms with Gasteiger partial charge in [0, 0.05) is 18.4 Å². The van der Waals surface area contributed by atoms with Gasteiger partial charge in [-0.25, -0.2) is 0 Å². The summed E-state index contributed by atoms with van der Waals surface area (Å²) in [6, 6.07) is 8.90. The molecule has 0 fully saturated rings. The van der Waals surface area contributed by atoms with Crippen LogP contribution < -0.4 is 0 Å². The van der Waals surface area contributed by atoms with E-state index in [0.29, 0.717) is 5.41 Å². The van der Waals surface area contributed by atoms with Crippen molar-refractivity contribution in [1.29, 1.82) is 0 Å². The molecule has 1 nitrogen and oxygen atoms in total. The van der Waals surface area contributed by atoms with E-state index in [9.17, 15) is 0 Å². The molecule has 0 spiro atoms. The highest BCUT2D eigenvalue weighted by molar-refractivity contribution is 9.09. The van der Waals surface area contributed by atoms with Gasteiger partial charge in [-0.2, -0.15) is 0 Å². The minimum absolute atomic E-state index is 0.360. The van der Waals surface area contributed by atoms with E-state index in [1.165, 1.54) is 31.5 Å². The lowest BCUT2D eigenvalue weighted by atomic mass is 9.95. The quantitative estimate of drug-likeness (QED) is 0.766. The summed E-state index contributed by atoms with van der Waals surface area (Å²) in [5, 5.41) is 1.07. The molecule has 0 bridgehead atoms. The molecule has 0 amide bonds. The maximum Gasteiger partial charge on any atom is 0.0236 e. The molecule has 1 aromatic carbocycles. The van der Waals surface area contributed by atoms with Crippen molar-refractivity contribution < 1.29 is 0 Å². The third kappa shape index (κ3) is 3.56. The van der Waals surface area contributed by atoms with Crippen molar-refractivity contribution in [3.8, 4) is 0 Å². The van der Waals surface area contributed by atoms with Crippen molar-refractivity contribution in [2.24, 2.45) is 5.41 Å². The number of aryl methyl sites for hydroxylation is 1. The molecule has 0 aliphatic carbocycles. The van der Waals surface area contributed by atoms with Crippen LogP contribution >= 0.6 is 15.9 Å². The SMILES string of the molecule is CC(C)(CBr)CN1CCCc2ccccc2C1. The molecule has 0 saturated heterocycles. The summed E-state index contributed by atoms with van der Waals surface area (Å²) in [6.07, 6.45) is 2.52. The summed E-state index contributed by atoms with van der Waals surface area (Å²) >= 11 is 3.62. The molecule has 2 heteroatoms. The molecule has 0 aromatic heterocycles. The fourth-order valence-electron chi connectivity index (χ4n) is 2.55. The molecule has 1 aliphatic heterocycles. The van der Waals surface area contributed by atoms with E-state index in [2.05, 4.69) is 58.9 Å². The van der Waals surface area contributed by atoms with Crippen LogP contribution in [-0.2, 0) is 13.0 Å². The first kappa shape index (κ1) is 13.1. The van der Waals surface area contributed by atoms with Crippen LogP contribution in [-0.4, -0.2) is 23.3 Å². The minimum Gasteiger partial charge on any atom is -0.299 e. The summed E-state index contributed by atoms with van der Waals surface area (Å²) in [7, 11) is 0. The number of halogens is 1. The molecule has 0 unspecified atom stereocenters. The zero-order valence-corrected chi connectivity index (χ0v) is 12.5. The van der Waals surface area contributed by atoms with Gasteiger partial charge in [-0.05, 0) is 35.9 Å². The molecule has 1 aliphatic rings. The first-order chi connectivity index (χ1) is 8.11. The lowest BCUT2D eigenvalue weighted by Crippen LogP contribution is -2.35. The van der Waals surface area contributed by atoms with Crippen molar-refractivity contribution in [3.05, 3.63) is 35.4 Å². The largest absolute Gasteiger partial charge is 0.299 e. The van der Waals surface area contributed by atoms with E-state index in [4.69, 9.17) is 0 Å². The van der Waals surface area contributed by atoms with Crippen LogP contribution in [0.4, 0.5) is 0 Å². The standard InChI is InChI=1S/C15H22BrN/c1-15(2,11-16)12-17-9-5-8-13-6-3-4-7-14(13)10-17/h3-4,6-7H,5,8-12H2,1-2H3. The third-order valence-electron chi connectivity index (χ3n) is 3.45. The summed E-state index contributed by atoms with van der Waals surface area (Å²) in [4.78, 5) is 2.60. The molecule has 0 atom stereocenters. The van der Waals surface area contributed by atoms with Gasteiger partial charge in [0.25, 0.3) is 0 Å². The molecule has 1 heterocycles. The van der Waals surface area contributed by atoms with Crippen LogP contribution in [0.3, 0.4) is 0 Å². The lowest BCUT2D eigenvalue weighted by Gasteiger charge is -2.30. The molecule has 0 N–H and O–H groups in total. The second-order valence-electron chi connectivity index (χ2n) is 5.88. The molecular weight excluding hydrogens is 274 g/mol. The number of rotatable bonds is 3. The van der Waals surface area contributed by atoms with Crippen LogP contribution in [0.5, 0.6) is 0 Å². The van der Waals surface area contributed by atoms with Crippen molar-refractivity contribution in [2.45, 2.75) is 33.2 Å². The van der Waals surface area contributed by atoms with Gasteiger partial charge in [-0.3, -0.25) is 4.90 Å². The van der Waals surface area contributed by atoms with Crippen LogP contribution in [0, 0.1) is 5.41 Å². The third-order valence-corrected chi connectivity index (χ3v) is 4.96. The monoisotopic (exact) mass is 295 g/mol. The molecule has 0 saturated carbocycles. The van der Waals surface area contributed by atoms with Gasteiger partial charge in [0.1, 0.15) is 0 Å². The number of fused-ring (bicyclic) bond motifs is 1. The van der Waals surface area contributed by atoms with Gasteiger partial charge in [-0.1, -0.05) is 54.0 Å². The van der Waals surface area contributed by atoms with Crippen molar-refractivity contribution in [2.75, 3.05) is 18.4 Å². The Morgan fingerprint density at radius 1 is 1.24 bits per heavy atom. The van der Waals surface area contributed by atoms with Crippen molar-refractivity contribution >= 4 is 15.9 Å². The predicted molar refractivity (Wildman–Crippen MR) is 77.6 cm³/mol. The Balaban J connectivity index is 2.08. The Hall–Kier alpha value is -0.340. The van der Waals surface area contributed by atoms with Crippen LogP contribution in [0.1, 0.15) is 31.4 Å². The molecule has 2 rings (SSSR count). The van der Waals surface area contributed by atoms with Crippen LogP contribution in [0.15, 0.2) is 24.3 Å². The van der Waals surface area contributed by atoms with E-state index >= 15 is 0 Å². The zero-order chi connectivity index (χ0) is 12.3. The van der Waals surface area contributed by atoms with Gasteiger partial charge in [0.2, 0.25) is 0 Å². The van der Waals surface area contributed by atoms with E-state index in [-0.39, 0.29) is 0 Å². The van der Waals surface area contributed by atoms with E-state index in [0.717, 1.165) is 11.9 Å². The summed E-state index contributed by atoms with van der Waals surface area (Å²) in [5.41, 5.74) is 3.43. The Bertz CT molecular complexity index is 373. The Kier molecular flexibility index (Phi) is 4.26. The maximum absolute atomic E-state index is 3.62. The van der Waals surface area contributed by atoms with Gasteiger partial charge in [0.15, 0.2) is 0 Å². The Morgan fingerprint density at radius 3 is 2.65 bits per heavy atom. The number of hydrogen-bond donors (Lipinski definition) is 0. The van der Waals surface area contributed by atoms with Crippen LogP contribution in [0.2, 0.25) is 0 Å². The highest BCUT2D eigenvalue weighted by atomic mass is 79.9. The molecular formula is C15H22BrN. The zero-order valence-electron chi connectivity index (χ0n) is 10.9. The lowest BCUT2D eigenvalue weighted by molar-refractivity contribution is 0.190. The van der Waals surface area contributed by atoms with Crippen molar-refractivity contribution in [3.63, 3.8) is 0 Å². The topological polar surface area (TPSA) is 3.24 Å². The molecule has 0 radical (unpaired) electrons. The number of benzene rings is 1. The fourth-order valence-corrected chi connectivity index (χ4v) is 2.73. The smallest absolute Gasteiger partial charge is 0.0236 e. The second kappa shape index (κ2) is 5.53.